The van der Waals surface area contributed by atoms with Crippen LogP contribution in [0.25, 0.3) is 0 Å². The molecule has 1 atom stereocenters. The van der Waals surface area contributed by atoms with Crippen LogP contribution in [0.15, 0.2) is 30.3 Å². The molecule has 0 bridgehead atoms. The molecule has 5 heteroatoms. The predicted octanol–water partition coefficient (Wildman–Crippen LogP) is 2.95. The first-order valence-corrected chi connectivity index (χ1v) is 8.80. The number of benzene rings is 1. The largest absolute Gasteiger partial charge is 0.367 e. The van der Waals surface area contributed by atoms with E-state index in [2.05, 4.69) is 53.2 Å². The highest BCUT2D eigenvalue weighted by molar-refractivity contribution is 5.92. The number of carbonyl (C=O) groups excluding carboxylic acids is 1. The molecule has 4 rings (SSSR count). The summed E-state index contributed by atoms with van der Waals surface area (Å²) >= 11 is 0. The van der Waals surface area contributed by atoms with Crippen LogP contribution in [0.2, 0.25) is 0 Å². The molecule has 1 amide bonds. The number of para-hydroxylation sites is 1. The van der Waals surface area contributed by atoms with Gasteiger partial charge in [-0.2, -0.15) is 5.10 Å². The van der Waals surface area contributed by atoms with Crippen LogP contribution in [0.5, 0.6) is 0 Å². The SMILES string of the molecule is Cc1ccccc1N1CCN(C(=O)c2cc(C3CC3)[nH]n2)[C@@H](C)C1. The van der Waals surface area contributed by atoms with Gasteiger partial charge >= 0.3 is 0 Å². The minimum Gasteiger partial charge on any atom is -0.367 e. The van der Waals surface area contributed by atoms with E-state index in [0.29, 0.717) is 11.6 Å². The molecule has 0 unspecified atom stereocenters. The van der Waals surface area contributed by atoms with E-state index in [1.165, 1.54) is 24.1 Å². The van der Waals surface area contributed by atoms with Crippen LogP contribution < -0.4 is 4.90 Å². The van der Waals surface area contributed by atoms with E-state index < -0.39 is 0 Å². The minimum absolute atomic E-state index is 0.0510. The van der Waals surface area contributed by atoms with E-state index in [-0.39, 0.29) is 11.9 Å². The number of aromatic amines is 1. The monoisotopic (exact) mass is 324 g/mol. The van der Waals surface area contributed by atoms with Crippen LogP contribution in [0, 0.1) is 6.92 Å². The van der Waals surface area contributed by atoms with Crippen molar-refractivity contribution in [3.8, 4) is 0 Å². The quantitative estimate of drug-likeness (QED) is 0.944. The number of H-pyrrole nitrogens is 1. The molecule has 0 spiro atoms. The average molecular weight is 324 g/mol. The highest BCUT2D eigenvalue weighted by atomic mass is 16.2. The molecule has 2 aliphatic rings. The zero-order valence-electron chi connectivity index (χ0n) is 14.3. The van der Waals surface area contributed by atoms with Crippen molar-refractivity contribution in [1.29, 1.82) is 0 Å². The molecular weight excluding hydrogens is 300 g/mol. The summed E-state index contributed by atoms with van der Waals surface area (Å²) in [5.74, 6) is 0.643. The summed E-state index contributed by atoms with van der Waals surface area (Å²) in [7, 11) is 0. The van der Waals surface area contributed by atoms with Crippen molar-refractivity contribution in [2.75, 3.05) is 24.5 Å². The van der Waals surface area contributed by atoms with Gasteiger partial charge in [0.15, 0.2) is 0 Å². The zero-order chi connectivity index (χ0) is 16.7. The third-order valence-electron chi connectivity index (χ3n) is 5.18. The van der Waals surface area contributed by atoms with Gasteiger partial charge in [-0.15, -0.1) is 0 Å². The Morgan fingerprint density at radius 1 is 1.25 bits per heavy atom. The average Bonchev–Trinajstić information content (AvgIpc) is 3.32. The molecule has 1 saturated carbocycles. The lowest BCUT2D eigenvalue weighted by atomic mass is 10.1. The summed E-state index contributed by atoms with van der Waals surface area (Å²) < 4.78 is 0. The Balaban J connectivity index is 1.46. The van der Waals surface area contributed by atoms with Crippen LogP contribution >= 0.6 is 0 Å². The van der Waals surface area contributed by atoms with Crippen LogP contribution in [0.3, 0.4) is 0 Å². The summed E-state index contributed by atoms with van der Waals surface area (Å²) in [5, 5.41) is 7.29. The first-order valence-electron chi connectivity index (χ1n) is 8.80. The molecule has 5 nitrogen and oxygen atoms in total. The van der Waals surface area contributed by atoms with E-state index in [1.54, 1.807) is 0 Å². The lowest BCUT2D eigenvalue weighted by molar-refractivity contribution is 0.0668. The third kappa shape index (κ3) is 2.79. The van der Waals surface area contributed by atoms with E-state index in [1.807, 2.05) is 11.0 Å². The van der Waals surface area contributed by atoms with Crippen molar-refractivity contribution in [3.05, 3.63) is 47.3 Å². The number of amides is 1. The molecular formula is C19H24N4O. The number of hydrogen-bond acceptors (Lipinski definition) is 3. The third-order valence-corrected chi connectivity index (χ3v) is 5.18. The van der Waals surface area contributed by atoms with E-state index in [9.17, 15) is 4.79 Å². The van der Waals surface area contributed by atoms with Crippen LogP contribution in [-0.4, -0.2) is 46.7 Å². The molecule has 1 saturated heterocycles. The van der Waals surface area contributed by atoms with Crippen molar-refractivity contribution in [2.45, 2.75) is 38.6 Å². The molecule has 24 heavy (non-hydrogen) atoms. The summed E-state index contributed by atoms with van der Waals surface area (Å²) in [5.41, 5.74) is 4.23. The standard InChI is InChI=1S/C19H24N4O/c1-13-5-3-4-6-18(13)22-9-10-23(14(2)12-22)19(24)17-11-16(20-21-17)15-7-8-15/h3-6,11,14-15H,7-10,12H2,1-2H3,(H,20,21)/t14-/m0/s1. The Bertz CT molecular complexity index is 749. The van der Waals surface area contributed by atoms with Gasteiger partial charge in [0.2, 0.25) is 0 Å². The topological polar surface area (TPSA) is 52.2 Å². The molecule has 1 aromatic heterocycles. The second-order valence-corrected chi connectivity index (χ2v) is 7.06. The number of piperazine rings is 1. The van der Waals surface area contributed by atoms with Gasteiger partial charge in [-0.1, -0.05) is 18.2 Å². The van der Waals surface area contributed by atoms with Gasteiger partial charge in [0.05, 0.1) is 0 Å². The number of carbonyl (C=O) groups is 1. The lowest BCUT2D eigenvalue weighted by Gasteiger charge is -2.41. The van der Waals surface area contributed by atoms with Gasteiger partial charge in [-0.25, -0.2) is 0 Å². The zero-order valence-corrected chi connectivity index (χ0v) is 14.3. The molecule has 2 fully saturated rings. The maximum absolute atomic E-state index is 12.8. The van der Waals surface area contributed by atoms with Gasteiger partial charge < -0.3 is 9.80 Å². The van der Waals surface area contributed by atoms with Gasteiger partial charge in [-0.05, 0) is 44.4 Å². The first-order chi connectivity index (χ1) is 11.6. The Morgan fingerprint density at radius 3 is 2.75 bits per heavy atom. The molecule has 1 aromatic carbocycles. The second kappa shape index (κ2) is 5.96. The maximum Gasteiger partial charge on any atom is 0.274 e. The molecule has 126 valence electrons. The van der Waals surface area contributed by atoms with Gasteiger partial charge in [0, 0.05) is 43.0 Å². The maximum atomic E-state index is 12.8. The molecule has 1 aliphatic carbocycles. The summed E-state index contributed by atoms with van der Waals surface area (Å²) in [6, 6.07) is 10.6. The number of hydrogen-bond donors (Lipinski definition) is 1. The molecule has 2 aromatic rings. The van der Waals surface area contributed by atoms with Crippen LogP contribution in [0.4, 0.5) is 5.69 Å². The molecule has 1 aliphatic heterocycles. The van der Waals surface area contributed by atoms with Crippen molar-refractivity contribution < 1.29 is 4.79 Å². The Kier molecular flexibility index (Phi) is 3.79. The first kappa shape index (κ1) is 15.2. The fourth-order valence-corrected chi connectivity index (χ4v) is 3.59. The van der Waals surface area contributed by atoms with Crippen molar-refractivity contribution in [1.82, 2.24) is 15.1 Å². The minimum atomic E-state index is 0.0510. The number of rotatable bonds is 3. The number of nitrogens with one attached hydrogen (secondary N) is 1. The smallest absolute Gasteiger partial charge is 0.274 e. The van der Waals surface area contributed by atoms with E-state index in [0.717, 1.165) is 25.3 Å². The van der Waals surface area contributed by atoms with Gasteiger partial charge in [0.25, 0.3) is 5.91 Å². The van der Waals surface area contributed by atoms with Crippen LogP contribution in [0.1, 0.15) is 47.4 Å². The van der Waals surface area contributed by atoms with E-state index in [4.69, 9.17) is 0 Å². The fraction of sp³-hybridized carbons (Fsp3) is 0.474. The van der Waals surface area contributed by atoms with E-state index >= 15 is 0 Å². The van der Waals surface area contributed by atoms with Gasteiger partial charge in [-0.3, -0.25) is 9.89 Å². The summed E-state index contributed by atoms with van der Waals surface area (Å²) in [4.78, 5) is 17.1. The molecule has 0 radical (unpaired) electrons. The van der Waals surface area contributed by atoms with Crippen molar-refractivity contribution in [2.24, 2.45) is 0 Å². The molecule has 1 N–H and O–H groups in total. The molecule has 2 heterocycles. The number of aryl methyl sites for hydroxylation is 1. The normalized spacial score (nSPS) is 21.2. The van der Waals surface area contributed by atoms with Crippen molar-refractivity contribution >= 4 is 11.6 Å². The number of aromatic nitrogens is 2. The highest BCUT2D eigenvalue weighted by Crippen LogP contribution is 2.39. The van der Waals surface area contributed by atoms with Crippen molar-refractivity contribution in [3.63, 3.8) is 0 Å². The fourth-order valence-electron chi connectivity index (χ4n) is 3.59. The number of nitrogens with zero attached hydrogens (tertiary/aromatic N) is 3. The number of anilines is 1. The Hall–Kier alpha value is -2.30. The Labute approximate surface area is 142 Å². The summed E-state index contributed by atoms with van der Waals surface area (Å²) in [6.07, 6.45) is 2.42. The highest BCUT2D eigenvalue weighted by Gasteiger charge is 2.31. The Morgan fingerprint density at radius 2 is 2.04 bits per heavy atom. The van der Waals surface area contributed by atoms with Gasteiger partial charge in [0.1, 0.15) is 5.69 Å². The summed E-state index contributed by atoms with van der Waals surface area (Å²) in [6.45, 7) is 6.72. The second-order valence-electron chi connectivity index (χ2n) is 7.06. The van der Waals surface area contributed by atoms with Crippen LogP contribution in [-0.2, 0) is 0 Å². The predicted molar refractivity (Wildman–Crippen MR) is 94.5 cm³/mol. The lowest BCUT2D eigenvalue weighted by Crippen LogP contribution is -2.54.